The summed E-state index contributed by atoms with van der Waals surface area (Å²) in [5.74, 6) is 0. The van der Waals surface area contributed by atoms with E-state index in [-0.39, 0.29) is 0 Å². The predicted octanol–water partition coefficient (Wildman–Crippen LogP) is 16.2. The first-order valence-corrected chi connectivity index (χ1v) is 20.7. The minimum absolute atomic E-state index is 1.17. The van der Waals surface area contributed by atoms with Crippen LogP contribution in [-0.4, -0.2) is 0 Å². The van der Waals surface area contributed by atoms with E-state index in [1.165, 1.54) is 99.5 Å². The fraction of sp³-hybridized carbons (Fsp3) is 0. The van der Waals surface area contributed by atoms with Gasteiger partial charge in [-0.1, -0.05) is 243 Å². The van der Waals surface area contributed by atoms with E-state index < -0.39 is 0 Å². The van der Waals surface area contributed by atoms with Crippen LogP contribution in [0.3, 0.4) is 0 Å². The maximum Gasteiger partial charge on any atom is -0.00987 e. The van der Waals surface area contributed by atoms with Gasteiger partial charge in [0.1, 0.15) is 0 Å². The molecule has 0 unspecified atom stereocenters. The summed E-state index contributed by atoms with van der Waals surface area (Å²) in [6, 6.07) is 87.5. The first-order valence-electron chi connectivity index (χ1n) is 20.7. The summed E-state index contributed by atoms with van der Waals surface area (Å²) in [6.45, 7) is 0. The largest absolute Gasteiger partial charge is 0.0622 e. The molecule has 0 amide bonds. The lowest BCUT2D eigenvalue weighted by Crippen LogP contribution is -1.90. The quantitative estimate of drug-likeness (QED) is 0.129. The topological polar surface area (TPSA) is 0 Å². The fourth-order valence-electron chi connectivity index (χ4n) is 8.56. The Bertz CT molecular complexity index is 2820. The van der Waals surface area contributed by atoms with Crippen LogP contribution in [0.5, 0.6) is 0 Å². The molecule has 0 N–H and O–H groups in total. The maximum absolute atomic E-state index is 2.31. The Morgan fingerprint density at radius 2 is 0.467 bits per heavy atom. The minimum Gasteiger partial charge on any atom is -0.0622 e. The van der Waals surface area contributed by atoms with E-state index in [2.05, 4.69) is 255 Å². The first kappa shape index (κ1) is 36.5. The van der Waals surface area contributed by atoms with Gasteiger partial charge in [-0.2, -0.15) is 0 Å². The predicted molar refractivity (Wildman–Crippen MR) is 257 cm³/mol. The number of hydrogen-bond acceptors (Lipinski definition) is 0. The lowest BCUT2D eigenvalue weighted by molar-refractivity contribution is 1.55. The Kier molecular flexibility index (Phi) is 10.1. The normalized spacial score (nSPS) is 11.0. The highest BCUT2D eigenvalue weighted by Crippen LogP contribution is 2.41. The monoisotopic (exact) mass is 762 g/mol. The summed E-state index contributed by atoms with van der Waals surface area (Å²) in [5, 5.41) is 4.98. The molecule has 0 heteroatoms. The Labute approximate surface area is 352 Å². The van der Waals surface area contributed by atoms with E-state index in [0.29, 0.717) is 0 Å². The van der Waals surface area contributed by atoms with E-state index in [0.717, 1.165) is 0 Å². The molecule has 10 aromatic carbocycles. The Morgan fingerprint density at radius 1 is 0.217 bits per heavy atom. The summed E-state index contributed by atoms with van der Waals surface area (Å²) in [7, 11) is 0. The lowest BCUT2D eigenvalue weighted by Gasteiger charge is -2.16. The van der Waals surface area contributed by atoms with Gasteiger partial charge in [0, 0.05) is 0 Å². The second kappa shape index (κ2) is 16.6. The van der Waals surface area contributed by atoms with Crippen LogP contribution in [0.15, 0.2) is 243 Å². The molecule has 0 aliphatic heterocycles. The van der Waals surface area contributed by atoms with Gasteiger partial charge >= 0.3 is 0 Å². The van der Waals surface area contributed by atoms with Crippen molar-refractivity contribution in [1.29, 1.82) is 0 Å². The van der Waals surface area contributed by atoms with Gasteiger partial charge in [0.05, 0.1) is 0 Å². The first-order chi connectivity index (χ1) is 29.8. The minimum atomic E-state index is 1.17. The molecule has 0 nitrogen and oxygen atoms in total. The van der Waals surface area contributed by atoms with Crippen LogP contribution in [0, 0.1) is 0 Å². The summed E-state index contributed by atoms with van der Waals surface area (Å²) in [4.78, 5) is 0. The van der Waals surface area contributed by atoms with Crippen molar-refractivity contribution in [1.82, 2.24) is 0 Å². The second-order valence-corrected chi connectivity index (χ2v) is 15.2. The van der Waals surface area contributed by atoms with Crippen molar-refractivity contribution in [2.75, 3.05) is 0 Å². The Balaban J connectivity index is 0.989. The molecule has 60 heavy (non-hydrogen) atoms. The Hall–Kier alpha value is -7.80. The molecule has 282 valence electrons. The van der Waals surface area contributed by atoms with Gasteiger partial charge in [-0.3, -0.25) is 0 Å². The van der Waals surface area contributed by atoms with Crippen LogP contribution in [-0.2, 0) is 0 Å². The summed E-state index contributed by atoms with van der Waals surface area (Å²) in [5.41, 5.74) is 16.9. The second-order valence-electron chi connectivity index (χ2n) is 15.2. The van der Waals surface area contributed by atoms with Crippen molar-refractivity contribution in [2.24, 2.45) is 0 Å². The molecular formula is C60H42. The standard InChI is InChI=1S/C60H42/c1-5-17-45(18-6-1)59(46-19-7-2-8-20-46)41-43-29-33-49(34-30-43)51-37-39-57(55-27-15-13-25-53(51)55)58-40-38-52(54-26-14-16-28-56(54)58)50-35-31-44(32-36-50)42-60(47-21-9-3-10-22-47)48-23-11-4-12-24-48/h1-42H. The highest BCUT2D eigenvalue weighted by Gasteiger charge is 2.15. The van der Waals surface area contributed by atoms with Crippen molar-refractivity contribution in [3.05, 3.63) is 276 Å². The van der Waals surface area contributed by atoms with Crippen molar-refractivity contribution in [3.8, 4) is 33.4 Å². The van der Waals surface area contributed by atoms with Crippen molar-refractivity contribution in [3.63, 3.8) is 0 Å². The number of fused-ring (bicyclic) bond motifs is 2. The summed E-state index contributed by atoms with van der Waals surface area (Å²) < 4.78 is 0. The van der Waals surface area contributed by atoms with Gasteiger partial charge < -0.3 is 0 Å². The Morgan fingerprint density at radius 3 is 0.767 bits per heavy atom. The maximum atomic E-state index is 2.31. The van der Waals surface area contributed by atoms with E-state index in [9.17, 15) is 0 Å². The zero-order valence-electron chi connectivity index (χ0n) is 33.2. The van der Waals surface area contributed by atoms with E-state index in [4.69, 9.17) is 0 Å². The smallest absolute Gasteiger partial charge is 0.00987 e. The highest BCUT2D eigenvalue weighted by atomic mass is 14.2. The lowest BCUT2D eigenvalue weighted by atomic mass is 9.87. The molecule has 0 bridgehead atoms. The van der Waals surface area contributed by atoms with Gasteiger partial charge in [0.25, 0.3) is 0 Å². The van der Waals surface area contributed by atoms with Crippen LogP contribution in [0.1, 0.15) is 33.4 Å². The van der Waals surface area contributed by atoms with Gasteiger partial charge in [0.15, 0.2) is 0 Å². The molecule has 0 radical (unpaired) electrons. The van der Waals surface area contributed by atoms with Gasteiger partial charge in [0.2, 0.25) is 0 Å². The van der Waals surface area contributed by atoms with Crippen molar-refractivity contribution >= 4 is 44.8 Å². The molecule has 0 aromatic heterocycles. The molecule has 0 atom stereocenters. The molecule has 0 spiro atoms. The van der Waals surface area contributed by atoms with Crippen LogP contribution in [0.25, 0.3) is 78.2 Å². The average molecular weight is 763 g/mol. The summed E-state index contributed by atoms with van der Waals surface area (Å²) >= 11 is 0. The zero-order valence-corrected chi connectivity index (χ0v) is 33.2. The van der Waals surface area contributed by atoms with Gasteiger partial charge in [-0.05, 0) is 112 Å². The van der Waals surface area contributed by atoms with Crippen LogP contribution < -0.4 is 0 Å². The molecule has 0 aliphatic rings. The molecule has 0 saturated heterocycles. The van der Waals surface area contributed by atoms with E-state index in [1.54, 1.807) is 0 Å². The third-order valence-corrected chi connectivity index (χ3v) is 11.5. The molecular weight excluding hydrogens is 721 g/mol. The third kappa shape index (κ3) is 7.39. The molecule has 0 saturated carbocycles. The van der Waals surface area contributed by atoms with Crippen molar-refractivity contribution in [2.45, 2.75) is 0 Å². The molecule has 10 rings (SSSR count). The van der Waals surface area contributed by atoms with Crippen LogP contribution >= 0.6 is 0 Å². The van der Waals surface area contributed by atoms with Crippen LogP contribution in [0.4, 0.5) is 0 Å². The fourth-order valence-corrected chi connectivity index (χ4v) is 8.56. The third-order valence-electron chi connectivity index (χ3n) is 11.5. The van der Waals surface area contributed by atoms with Crippen LogP contribution in [0.2, 0.25) is 0 Å². The number of hydrogen-bond donors (Lipinski definition) is 0. The summed E-state index contributed by atoms with van der Waals surface area (Å²) in [6.07, 6.45) is 4.59. The molecule has 0 heterocycles. The number of benzene rings is 10. The molecule has 0 aliphatic carbocycles. The molecule has 10 aromatic rings. The number of rotatable bonds is 9. The van der Waals surface area contributed by atoms with Crippen molar-refractivity contribution < 1.29 is 0 Å². The van der Waals surface area contributed by atoms with Gasteiger partial charge in [-0.15, -0.1) is 0 Å². The highest BCUT2D eigenvalue weighted by molar-refractivity contribution is 6.12. The van der Waals surface area contributed by atoms with Gasteiger partial charge in [-0.25, -0.2) is 0 Å². The SMILES string of the molecule is C(=C(c1ccccc1)c1ccccc1)c1ccc(-c2ccc(-c3ccc(-c4ccc(C=C(c5ccccc5)c5ccccc5)cc4)c4ccccc34)c3ccccc23)cc1. The van der Waals surface area contributed by atoms with E-state index >= 15 is 0 Å². The van der Waals surface area contributed by atoms with E-state index in [1.807, 2.05) is 0 Å². The molecule has 0 fully saturated rings. The average Bonchev–Trinajstić information content (AvgIpc) is 3.33. The zero-order chi connectivity index (χ0) is 40.1.